The maximum absolute atomic E-state index is 12.3. The van der Waals surface area contributed by atoms with Crippen LogP contribution >= 0.6 is 0 Å². The minimum atomic E-state index is -0.111. The Balaban J connectivity index is 2.71. The van der Waals surface area contributed by atoms with Crippen LogP contribution in [0.4, 0.5) is 0 Å². The summed E-state index contributed by atoms with van der Waals surface area (Å²) in [5.41, 5.74) is 1.12. The molecule has 4 heteroatoms. The number of rotatable bonds is 8. The third-order valence-electron chi connectivity index (χ3n) is 3.49. The van der Waals surface area contributed by atoms with E-state index in [4.69, 9.17) is 0 Å². The van der Waals surface area contributed by atoms with Gasteiger partial charge in [0.1, 0.15) is 0 Å². The molecule has 0 atom stereocenters. The molecule has 0 heterocycles. The lowest BCUT2D eigenvalue weighted by Gasteiger charge is -2.18. The van der Waals surface area contributed by atoms with Crippen LogP contribution in [0.1, 0.15) is 60.7 Å². The first-order chi connectivity index (χ1) is 10.1. The number of carbonyl (C=O) groups is 2. The number of hydrogen-bond acceptors (Lipinski definition) is 2. The number of amides is 2. The fourth-order valence-corrected chi connectivity index (χ4v) is 2.17. The van der Waals surface area contributed by atoms with Gasteiger partial charge in [0, 0.05) is 30.8 Å². The Hall–Kier alpha value is -1.84. The highest BCUT2D eigenvalue weighted by Gasteiger charge is 2.14. The Morgan fingerprint density at radius 1 is 1.05 bits per heavy atom. The van der Waals surface area contributed by atoms with Crippen molar-refractivity contribution in [2.45, 2.75) is 40.0 Å². The zero-order chi connectivity index (χ0) is 15.7. The van der Waals surface area contributed by atoms with Crippen LogP contribution in [0.5, 0.6) is 0 Å². The average Bonchev–Trinajstić information content (AvgIpc) is 2.52. The van der Waals surface area contributed by atoms with Gasteiger partial charge in [0.2, 0.25) is 0 Å². The van der Waals surface area contributed by atoms with Crippen LogP contribution in [0.3, 0.4) is 0 Å². The van der Waals surface area contributed by atoms with Gasteiger partial charge in [-0.1, -0.05) is 25.8 Å². The minimum absolute atomic E-state index is 0.0272. The van der Waals surface area contributed by atoms with Crippen molar-refractivity contribution in [2.24, 2.45) is 0 Å². The van der Waals surface area contributed by atoms with E-state index in [1.165, 1.54) is 0 Å². The van der Waals surface area contributed by atoms with Gasteiger partial charge in [0.25, 0.3) is 11.8 Å². The predicted molar refractivity (Wildman–Crippen MR) is 85.6 cm³/mol. The SMILES string of the molecule is CCCCCNC(=O)c1cccc(C(=O)N(CC)CC)c1. The molecule has 2 amide bonds. The van der Waals surface area contributed by atoms with Gasteiger partial charge in [0.05, 0.1) is 0 Å². The van der Waals surface area contributed by atoms with Crippen molar-refractivity contribution in [3.8, 4) is 0 Å². The summed E-state index contributed by atoms with van der Waals surface area (Å²) in [7, 11) is 0. The van der Waals surface area contributed by atoms with Gasteiger partial charge in [-0.3, -0.25) is 9.59 Å². The summed E-state index contributed by atoms with van der Waals surface area (Å²) in [6.07, 6.45) is 3.23. The fourth-order valence-electron chi connectivity index (χ4n) is 2.17. The Bertz CT molecular complexity index is 468. The molecular formula is C17H26N2O2. The summed E-state index contributed by atoms with van der Waals surface area (Å²) in [6, 6.07) is 6.94. The quantitative estimate of drug-likeness (QED) is 0.748. The fraction of sp³-hybridized carbons (Fsp3) is 0.529. The topological polar surface area (TPSA) is 49.4 Å². The van der Waals surface area contributed by atoms with Crippen LogP contribution in [0.15, 0.2) is 24.3 Å². The maximum atomic E-state index is 12.3. The van der Waals surface area contributed by atoms with Crippen LogP contribution in [0.2, 0.25) is 0 Å². The summed E-state index contributed by atoms with van der Waals surface area (Å²) in [6.45, 7) is 8.05. The van der Waals surface area contributed by atoms with Crippen molar-refractivity contribution in [1.29, 1.82) is 0 Å². The van der Waals surface area contributed by atoms with Crippen molar-refractivity contribution in [3.05, 3.63) is 35.4 Å². The first-order valence-corrected chi connectivity index (χ1v) is 7.81. The number of nitrogens with zero attached hydrogens (tertiary/aromatic N) is 1. The van der Waals surface area contributed by atoms with Crippen molar-refractivity contribution < 1.29 is 9.59 Å². The van der Waals surface area contributed by atoms with Gasteiger partial charge in [-0.15, -0.1) is 0 Å². The lowest BCUT2D eigenvalue weighted by molar-refractivity contribution is 0.0773. The molecule has 0 fully saturated rings. The molecule has 0 radical (unpaired) electrons. The van der Waals surface area contributed by atoms with Gasteiger partial charge in [-0.2, -0.15) is 0 Å². The van der Waals surface area contributed by atoms with E-state index in [1.54, 1.807) is 29.2 Å². The van der Waals surface area contributed by atoms with E-state index >= 15 is 0 Å². The van der Waals surface area contributed by atoms with Crippen LogP contribution in [0, 0.1) is 0 Å². The molecule has 1 N–H and O–H groups in total. The minimum Gasteiger partial charge on any atom is -0.352 e. The second-order valence-electron chi connectivity index (χ2n) is 5.02. The van der Waals surface area contributed by atoms with Crippen molar-refractivity contribution in [3.63, 3.8) is 0 Å². The van der Waals surface area contributed by atoms with Crippen LogP contribution in [-0.2, 0) is 0 Å². The number of carbonyl (C=O) groups excluding carboxylic acids is 2. The van der Waals surface area contributed by atoms with Crippen LogP contribution in [0.25, 0.3) is 0 Å². The summed E-state index contributed by atoms with van der Waals surface area (Å²) >= 11 is 0. The summed E-state index contributed by atoms with van der Waals surface area (Å²) in [5, 5.41) is 2.89. The van der Waals surface area contributed by atoms with E-state index in [0.717, 1.165) is 19.3 Å². The highest BCUT2D eigenvalue weighted by Crippen LogP contribution is 2.09. The largest absolute Gasteiger partial charge is 0.352 e. The first kappa shape index (κ1) is 17.2. The van der Waals surface area contributed by atoms with Gasteiger partial charge in [-0.05, 0) is 38.5 Å². The molecule has 0 aromatic heterocycles. The van der Waals surface area contributed by atoms with Crippen LogP contribution < -0.4 is 5.32 Å². The highest BCUT2D eigenvalue weighted by molar-refractivity contribution is 5.99. The van der Waals surface area contributed by atoms with Gasteiger partial charge in [-0.25, -0.2) is 0 Å². The lowest BCUT2D eigenvalue weighted by atomic mass is 10.1. The van der Waals surface area contributed by atoms with E-state index in [2.05, 4.69) is 12.2 Å². The molecule has 0 unspecified atom stereocenters. The van der Waals surface area contributed by atoms with Gasteiger partial charge >= 0.3 is 0 Å². The molecule has 1 aromatic carbocycles. The van der Waals surface area contributed by atoms with Gasteiger partial charge in [0.15, 0.2) is 0 Å². The normalized spacial score (nSPS) is 10.2. The summed E-state index contributed by atoms with van der Waals surface area (Å²) < 4.78 is 0. The molecule has 0 saturated carbocycles. The second kappa shape index (κ2) is 9.16. The molecule has 0 aliphatic rings. The Labute approximate surface area is 127 Å². The molecule has 0 aliphatic carbocycles. The van der Waals surface area contributed by atoms with Gasteiger partial charge < -0.3 is 10.2 Å². The molecule has 0 bridgehead atoms. The zero-order valence-electron chi connectivity index (χ0n) is 13.3. The smallest absolute Gasteiger partial charge is 0.253 e. The first-order valence-electron chi connectivity index (χ1n) is 7.81. The molecule has 0 spiro atoms. The van der Waals surface area contributed by atoms with Crippen molar-refractivity contribution >= 4 is 11.8 Å². The number of nitrogens with one attached hydrogen (secondary N) is 1. The average molecular weight is 290 g/mol. The van der Waals surface area contributed by atoms with E-state index in [0.29, 0.717) is 30.8 Å². The van der Waals surface area contributed by atoms with Crippen molar-refractivity contribution in [2.75, 3.05) is 19.6 Å². The maximum Gasteiger partial charge on any atom is 0.253 e. The lowest BCUT2D eigenvalue weighted by Crippen LogP contribution is -2.31. The molecule has 21 heavy (non-hydrogen) atoms. The predicted octanol–water partition coefficient (Wildman–Crippen LogP) is 3.09. The molecule has 0 saturated heterocycles. The number of hydrogen-bond donors (Lipinski definition) is 1. The molecule has 0 aliphatic heterocycles. The second-order valence-corrected chi connectivity index (χ2v) is 5.02. The summed E-state index contributed by atoms with van der Waals surface area (Å²) in [5.74, 6) is -0.138. The van der Waals surface area contributed by atoms with Crippen LogP contribution in [-0.4, -0.2) is 36.3 Å². The van der Waals surface area contributed by atoms with E-state index in [1.807, 2.05) is 13.8 Å². The highest BCUT2D eigenvalue weighted by atomic mass is 16.2. The third kappa shape index (κ3) is 5.21. The molecule has 1 aromatic rings. The molecule has 4 nitrogen and oxygen atoms in total. The number of unbranched alkanes of at least 4 members (excludes halogenated alkanes) is 2. The van der Waals surface area contributed by atoms with E-state index in [9.17, 15) is 9.59 Å². The third-order valence-corrected chi connectivity index (χ3v) is 3.49. The Kier molecular flexibility index (Phi) is 7.51. The van der Waals surface area contributed by atoms with Crippen molar-refractivity contribution in [1.82, 2.24) is 10.2 Å². The summed E-state index contributed by atoms with van der Waals surface area (Å²) in [4.78, 5) is 26.1. The Morgan fingerprint density at radius 2 is 1.71 bits per heavy atom. The number of benzene rings is 1. The van der Waals surface area contributed by atoms with E-state index in [-0.39, 0.29) is 11.8 Å². The Morgan fingerprint density at radius 3 is 2.33 bits per heavy atom. The monoisotopic (exact) mass is 290 g/mol. The molecular weight excluding hydrogens is 264 g/mol. The molecule has 1 rings (SSSR count). The molecule has 116 valence electrons. The van der Waals surface area contributed by atoms with E-state index < -0.39 is 0 Å². The standard InChI is InChI=1S/C17H26N2O2/c1-4-7-8-12-18-16(20)14-10-9-11-15(13-14)17(21)19(5-2)6-3/h9-11,13H,4-8,12H2,1-3H3,(H,18,20). The zero-order valence-corrected chi connectivity index (χ0v) is 13.3.